The van der Waals surface area contributed by atoms with Crippen molar-refractivity contribution in [2.24, 2.45) is 0 Å². The average molecular weight is 297 g/mol. The minimum atomic E-state index is -0.706. The minimum Gasteiger partial charge on any atom is -0.478 e. The summed E-state index contributed by atoms with van der Waals surface area (Å²) in [6.07, 6.45) is 2.22. The normalized spacial score (nSPS) is 31.4. The number of fused-ring (bicyclic) bond motifs is 1. The molecule has 1 heterocycles. The molecule has 17 heavy (non-hydrogen) atoms. The Morgan fingerprint density at radius 2 is 2.06 bits per heavy atom. The third-order valence-corrected chi connectivity index (χ3v) is 4.16. The van der Waals surface area contributed by atoms with E-state index in [4.69, 9.17) is 4.74 Å². The number of rotatable bonds is 0. The van der Waals surface area contributed by atoms with Gasteiger partial charge in [0.2, 0.25) is 5.78 Å². The van der Waals surface area contributed by atoms with Crippen molar-refractivity contribution < 1.29 is 14.6 Å². The van der Waals surface area contributed by atoms with E-state index in [0.29, 0.717) is 37.0 Å². The molecule has 1 spiro atoms. The number of hydrogen-bond donors (Lipinski definition) is 1. The second-order valence-corrected chi connectivity index (χ2v) is 5.71. The van der Waals surface area contributed by atoms with Crippen LogP contribution < -0.4 is 4.74 Å². The van der Waals surface area contributed by atoms with Gasteiger partial charge in [-0.15, -0.1) is 0 Å². The molecule has 1 aliphatic heterocycles. The van der Waals surface area contributed by atoms with Crippen LogP contribution in [0.2, 0.25) is 0 Å². The smallest absolute Gasteiger partial charge is 0.210 e. The summed E-state index contributed by atoms with van der Waals surface area (Å²) in [6, 6.07) is 5.53. The van der Waals surface area contributed by atoms with E-state index >= 15 is 0 Å². The van der Waals surface area contributed by atoms with Gasteiger partial charge in [-0.05, 0) is 43.9 Å². The SMILES string of the molecule is O=C1c2cc(Br)ccc2O[C@]12CC[C@@H](O)CC2. The Kier molecular flexibility index (Phi) is 2.52. The molecule has 0 unspecified atom stereocenters. The number of Topliss-reactive ketones (excluding diaryl/α,β-unsaturated/α-hetero) is 1. The molecule has 0 saturated heterocycles. The molecule has 3 rings (SSSR count). The van der Waals surface area contributed by atoms with Crippen molar-refractivity contribution >= 4 is 21.7 Å². The van der Waals surface area contributed by atoms with Crippen molar-refractivity contribution in [1.82, 2.24) is 0 Å². The first-order valence-electron chi connectivity index (χ1n) is 5.82. The van der Waals surface area contributed by atoms with Gasteiger partial charge in [-0.25, -0.2) is 0 Å². The predicted octanol–water partition coefficient (Wildman–Crippen LogP) is 2.70. The molecule has 1 N–H and O–H groups in total. The second kappa shape index (κ2) is 3.82. The summed E-state index contributed by atoms with van der Waals surface area (Å²) in [5, 5.41) is 9.53. The Morgan fingerprint density at radius 1 is 1.35 bits per heavy atom. The molecule has 1 aliphatic carbocycles. The summed E-state index contributed by atoms with van der Waals surface area (Å²) in [6.45, 7) is 0. The van der Waals surface area contributed by atoms with Crippen LogP contribution in [0.5, 0.6) is 5.75 Å². The van der Waals surface area contributed by atoms with Gasteiger partial charge in [-0.3, -0.25) is 4.79 Å². The lowest BCUT2D eigenvalue weighted by atomic mass is 9.80. The highest BCUT2D eigenvalue weighted by atomic mass is 79.9. The second-order valence-electron chi connectivity index (χ2n) is 4.80. The zero-order valence-corrected chi connectivity index (χ0v) is 10.9. The van der Waals surface area contributed by atoms with E-state index in [1.54, 1.807) is 0 Å². The van der Waals surface area contributed by atoms with E-state index in [1.807, 2.05) is 18.2 Å². The Morgan fingerprint density at radius 3 is 2.76 bits per heavy atom. The molecule has 0 amide bonds. The van der Waals surface area contributed by atoms with Gasteiger partial charge in [0.25, 0.3) is 0 Å². The van der Waals surface area contributed by atoms with Crippen molar-refractivity contribution in [2.45, 2.75) is 37.4 Å². The lowest BCUT2D eigenvalue weighted by Crippen LogP contribution is -2.44. The van der Waals surface area contributed by atoms with Crippen LogP contribution in [0.25, 0.3) is 0 Å². The fourth-order valence-corrected chi connectivity index (χ4v) is 3.03. The molecule has 1 saturated carbocycles. The van der Waals surface area contributed by atoms with Gasteiger partial charge < -0.3 is 9.84 Å². The fraction of sp³-hybridized carbons (Fsp3) is 0.462. The molecule has 1 fully saturated rings. The van der Waals surface area contributed by atoms with Gasteiger partial charge in [0.15, 0.2) is 5.60 Å². The average Bonchev–Trinajstić information content (AvgIpc) is 2.58. The maximum atomic E-state index is 12.4. The van der Waals surface area contributed by atoms with Gasteiger partial charge in [-0.1, -0.05) is 15.9 Å². The number of aliphatic hydroxyl groups excluding tert-OH is 1. The molecule has 1 aromatic rings. The summed E-state index contributed by atoms with van der Waals surface area (Å²) < 4.78 is 6.76. The Hall–Kier alpha value is -0.870. The van der Waals surface area contributed by atoms with E-state index in [9.17, 15) is 9.90 Å². The van der Waals surface area contributed by atoms with Crippen LogP contribution in [-0.2, 0) is 0 Å². The summed E-state index contributed by atoms with van der Waals surface area (Å²) in [7, 11) is 0. The number of halogens is 1. The number of carbonyl (C=O) groups is 1. The van der Waals surface area contributed by atoms with E-state index in [1.165, 1.54) is 0 Å². The quantitative estimate of drug-likeness (QED) is 0.801. The van der Waals surface area contributed by atoms with Crippen molar-refractivity contribution in [3.63, 3.8) is 0 Å². The number of hydrogen-bond acceptors (Lipinski definition) is 3. The zero-order chi connectivity index (χ0) is 12.0. The summed E-state index contributed by atoms with van der Waals surface area (Å²) in [4.78, 5) is 12.4. The van der Waals surface area contributed by atoms with Gasteiger partial charge in [0.1, 0.15) is 5.75 Å². The Balaban J connectivity index is 1.96. The minimum absolute atomic E-state index is 0.0701. The molecular weight excluding hydrogens is 284 g/mol. The van der Waals surface area contributed by atoms with Crippen molar-refractivity contribution in [2.75, 3.05) is 0 Å². The largest absolute Gasteiger partial charge is 0.478 e. The molecule has 0 atom stereocenters. The number of benzene rings is 1. The molecule has 90 valence electrons. The fourth-order valence-electron chi connectivity index (χ4n) is 2.67. The van der Waals surface area contributed by atoms with Crippen LogP contribution in [0.15, 0.2) is 22.7 Å². The molecule has 2 aliphatic rings. The number of aliphatic hydroxyl groups is 1. The molecule has 1 aromatic carbocycles. The monoisotopic (exact) mass is 296 g/mol. The third kappa shape index (κ3) is 1.70. The van der Waals surface area contributed by atoms with E-state index in [0.717, 1.165) is 4.47 Å². The summed E-state index contributed by atoms with van der Waals surface area (Å²) >= 11 is 3.37. The zero-order valence-electron chi connectivity index (χ0n) is 9.28. The molecule has 3 nitrogen and oxygen atoms in total. The van der Waals surface area contributed by atoms with Gasteiger partial charge in [0.05, 0.1) is 11.7 Å². The van der Waals surface area contributed by atoms with E-state index < -0.39 is 5.60 Å². The first-order valence-corrected chi connectivity index (χ1v) is 6.61. The van der Waals surface area contributed by atoms with Crippen molar-refractivity contribution in [1.29, 1.82) is 0 Å². The highest BCUT2D eigenvalue weighted by molar-refractivity contribution is 9.10. The van der Waals surface area contributed by atoms with Gasteiger partial charge in [0, 0.05) is 4.47 Å². The van der Waals surface area contributed by atoms with Crippen molar-refractivity contribution in [3.05, 3.63) is 28.2 Å². The standard InChI is InChI=1S/C13H13BrO3/c14-8-1-2-11-10(7-8)12(16)13(17-11)5-3-9(15)4-6-13/h1-2,7,9,15H,3-6H2/t9-,13+. The summed E-state index contributed by atoms with van der Waals surface area (Å²) in [5.41, 5.74) is -0.0433. The number of ether oxygens (including phenoxy) is 1. The number of carbonyl (C=O) groups excluding carboxylic acids is 1. The Bertz CT molecular complexity index is 476. The van der Waals surface area contributed by atoms with Crippen molar-refractivity contribution in [3.8, 4) is 5.75 Å². The maximum absolute atomic E-state index is 12.4. The number of ketones is 1. The van der Waals surface area contributed by atoms with Gasteiger partial charge >= 0.3 is 0 Å². The molecule has 0 aromatic heterocycles. The highest BCUT2D eigenvalue weighted by Crippen LogP contribution is 2.43. The molecule has 0 radical (unpaired) electrons. The first-order chi connectivity index (χ1) is 8.11. The van der Waals surface area contributed by atoms with E-state index in [2.05, 4.69) is 15.9 Å². The third-order valence-electron chi connectivity index (χ3n) is 3.67. The molecule has 4 heteroatoms. The van der Waals surface area contributed by atoms with Crippen LogP contribution in [0.4, 0.5) is 0 Å². The Labute approximate surface area is 108 Å². The van der Waals surface area contributed by atoms with E-state index in [-0.39, 0.29) is 11.9 Å². The van der Waals surface area contributed by atoms with Gasteiger partial charge in [-0.2, -0.15) is 0 Å². The van der Waals surface area contributed by atoms with Crippen LogP contribution in [-0.4, -0.2) is 22.6 Å². The highest BCUT2D eigenvalue weighted by Gasteiger charge is 2.49. The lowest BCUT2D eigenvalue weighted by molar-refractivity contribution is 0.00924. The predicted molar refractivity (Wildman–Crippen MR) is 66.3 cm³/mol. The lowest BCUT2D eigenvalue weighted by Gasteiger charge is -2.33. The van der Waals surface area contributed by atoms with Crippen LogP contribution >= 0.6 is 15.9 Å². The van der Waals surface area contributed by atoms with Crippen LogP contribution in [0.1, 0.15) is 36.0 Å². The topological polar surface area (TPSA) is 46.5 Å². The molecule has 0 bridgehead atoms. The molecular formula is C13H13BrO3. The van der Waals surface area contributed by atoms with Crippen LogP contribution in [0, 0.1) is 0 Å². The van der Waals surface area contributed by atoms with Crippen LogP contribution in [0.3, 0.4) is 0 Å². The first kappa shape index (κ1) is 11.2. The summed E-state index contributed by atoms with van der Waals surface area (Å²) in [5.74, 6) is 0.746. The maximum Gasteiger partial charge on any atom is 0.210 e.